The Balaban J connectivity index is 1.90. The van der Waals surface area contributed by atoms with Gasteiger partial charge in [0.2, 0.25) is 0 Å². The highest BCUT2D eigenvalue weighted by Gasteiger charge is 2.30. The minimum atomic E-state index is 0.247. The SMILES string of the molecule is CCCC1CCC(N)C(n2ncc3ccccc32)C1. The lowest BCUT2D eigenvalue weighted by Gasteiger charge is -2.34. The maximum atomic E-state index is 6.36. The van der Waals surface area contributed by atoms with Crippen LogP contribution in [-0.2, 0) is 0 Å². The molecule has 0 aliphatic heterocycles. The normalized spacial score (nSPS) is 27.8. The summed E-state index contributed by atoms with van der Waals surface area (Å²) in [7, 11) is 0. The molecule has 3 unspecified atom stereocenters. The number of rotatable bonds is 3. The zero-order valence-corrected chi connectivity index (χ0v) is 11.6. The summed E-state index contributed by atoms with van der Waals surface area (Å²) in [6.07, 6.45) is 8.15. The van der Waals surface area contributed by atoms with Crippen molar-refractivity contribution < 1.29 is 0 Å². The van der Waals surface area contributed by atoms with Crippen LogP contribution in [-0.4, -0.2) is 15.8 Å². The van der Waals surface area contributed by atoms with Crippen molar-refractivity contribution in [3.05, 3.63) is 30.5 Å². The summed E-state index contributed by atoms with van der Waals surface area (Å²) in [4.78, 5) is 0. The van der Waals surface area contributed by atoms with E-state index in [1.807, 2.05) is 6.20 Å². The van der Waals surface area contributed by atoms with Gasteiger partial charge in [-0.3, -0.25) is 4.68 Å². The molecule has 3 rings (SSSR count). The first-order valence-electron chi connectivity index (χ1n) is 7.47. The van der Waals surface area contributed by atoms with Crippen LogP contribution in [0.3, 0.4) is 0 Å². The third-order valence-electron chi connectivity index (χ3n) is 4.49. The molecule has 0 spiro atoms. The summed E-state index contributed by atoms with van der Waals surface area (Å²) in [6.45, 7) is 2.27. The second kappa shape index (κ2) is 5.33. The van der Waals surface area contributed by atoms with Gasteiger partial charge in [0.05, 0.1) is 17.8 Å². The molecule has 19 heavy (non-hydrogen) atoms. The largest absolute Gasteiger partial charge is 0.326 e. The Morgan fingerprint density at radius 1 is 1.32 bits per heavy atom. The van der Waals surface area contributed by atoms with Crippen LogP contribution in [0.1, 0.15) is 45.1 Å². The molecule has 0 bridgehead atoms. The van der Waals surface area contributed by atoms with E-state index in [1.165, 1.54) is 36.6 Å². The second-order valence-electron chi connectivity index (χ2n) is 5.85. The van der Waals surface area contributed by atoms with Crippen LogP contribution in [0, 0.1) is 5.92 Å². The fourth-order valence-electron chi connectivity index (χ4n) is 3.46. The van der Waals surface area contributed by atoms with Gasteiger partial charge in [0, 0.05) is 11.4 Å². The van der Waals surface area contributed by atoms with Gasteiger partial charge in [-0.15, -0.1) is 0 Å². The molecule has 1 heterocycles. The van der Waals surface area contributed by atoms with E-state index in [4.69, 9.17) is 5.73 Å². The maximum Gasteiger partial charge on any atom is 0.0686 e. The molecule has 2 N–H and O–H groups in total. The third-order valence-corrected chi connectivity index (χ3v) is 4.49. The first-order chi connectivity index (χ1) is 9.29. The Morgan fingerprint density at radius 3 is 3.00 bits per heavy atom. The van der Waals surface area contributed by atoms with Crippen molar-refractivity contribution in [2.24, 2.45) is 11.7 Å². The van der Waals surface area contributed by atoms with Gasteiger partial charge < -0.3 is 5.73 Å². The molecular formula is C16H23N3. The van der Waals surface area contributed by atoms with E-state index in [2.05, 4.69) is 41.0 Å². The third kappa shape index (κ3) is 2.39. The molecule has 1 aliphatic carbocycles. The number of benzene rings is 1. The summed E-state index contributed by atoms with van der Waals surface area (Å²) >= 11 is 0. The van der Waals surface area contributed by atoms with Crippen molar-refractivity contribution in [1.29, 1.82) is 0 Å². The zero-order valence-electron chi connectivity index (χ0n) is 11.6. The van der Waals surface area contributed by atoms with Crippen molar-refractivity contribution in [2.75, 3.05) is 0 Å². The zero-order chi connectivity index (χ0) is 13.2. The lowest BCUT2D eigenvalue weighted by Crippen LogP contribution is -2.38. The van der Waals surface area contributed by atoms with Crippen molar-refractivity contribution in [2.45, 2.75) is 51.1 Å². The van der Waals surface area contributed by atoms with E-state index in [0.717, 1.165) is 12.3 Å². The molecule has 1 fully saturated rings. The van der Waals surface area contributed by atoms with Crippen LogP contribution < -0.4 is 5.73 Å². The van der Waals surface area contributed by atoms with Gasteiger partial charge in [-0.05, 0) is 31.2 Å². The van der Waals surface area contributed by atoms with Gasteiger partial charge in [0.15, 0.2) is 0 Å². The number of hydrogen-bond acceptors (Lipinski definition) is 2. The number of nitrogens with two attached hydrogens (primary N) is 1. The predicted octanol–water partition coefficient (Wildman–Crippen LogP) is 3.50. The van der Waals surface area contributed by atoms with E-state index >= 15 is 0 Å². The van der Waals surface area contributed by atoms with Crippen molar-refractivity contribution >= 4 is 10.9 Å². The number of aromatic nitrogens is 2. The monoisotopic (exact) mass is 257 g/mol. The summed E-state index contributed by atoms with van der Waals surface area (Å²) in [5.41, 5.74) is 7.58. The summed E-state index contributed by atoms with van der Waals surface area (Å²) < 4.78 is 2.17. The Hall–Kier alpha value is -1.35. The molecule has 102 valence electrons. The van der Waals surface area contributed by atoms with Crippen LogP contribution in [0.2, 0.25) is 0 Å². The molecule has 0 radical (unpaired) electrons. The fourth-order valence-corrected chi connectivity index (χ4v) is 3.46. The summed E-state index contributed by atoms with van der Waals surface area (Å²) in [5, 5.41) is 5.82. The van der Waals surface area contributed by atoms with Gasteiger partial charge in [0.25, 0.3) is 0 Å². The van der Waals surface area contributed by atoms with E-state index in [1.54, 1.807) is 0 Å². The Kier molecular flexibility index (Phi) is 3.56. The van der Waals surface area contributed by atoms with Crippen LogP contribution in [0.4, 0.5) is 0 Å². The Bertz CT molecular complexity index is 546. The molecule has 1 saturated carbocycles. The van der Waals surface area contributed by atoms with E-state index in [0.29, 0.717) is 6.04 Å². The highest BCUT2D eigenvalue weighted by molar-refractivity contribution is 5.78. The predicted molar refractivity (Wildman–Crippen MR) is 79.0 cm³/mol. The molecule has 3 atom stereocenters. The lowest BCUT2D eigenvalue weighted by atomic mass is 9.80. The molecule has 1 aromatic carbocycles. The molecule has 2 aromatic rings. The first-order valence-corrected chi connectivity index (χ1v) is 7.47. The molecule has 3 nitrogen and oxygen atoms in total. The van der Waals surface area contributed by atoms with E-state index in [-0.39, 0.29) is 6.04 Å². The lowest BCUT2D eigenvalue weighted by molar-refractivity contribution is 0.216. The number of fused-ring (bicyclic) bond motifs is 1. The van der Waals surface area contributed by atoms with Crippen LogP contribution >= 0.6 is 0 Å². The van der Waals surface area contributed by atoms with E-state index in [9.17, 15) is 0 Å². The average molecular weight is 257 g/mol. The van der Waals surface area contributed by atoms with Gasteiger partial charge in [-0.1, -0.05) is 38.0 Å². The summed E-state index contributed by atoms with van der Waals surface area (Å²) in [6, 6.07) is 9.03. The van der Waals surface area contributed by atoms with Crippen LogP contribution in [0.25, 0.3) is 10.9 Å². The minimum Gasteiger partial charge on any atom is -0.326 e. The van der Waals surface area contributed by atoms with Gasteiger partial charge >= 0.3 is 0 Å². The highest BCUT2D eigenvalue weighted by Crippen LogP contribution is 2.35. The Labute approximate surface area is 114 Å². The van der Waals surface area contributed by atoms with Crippen molar-refractivity contribution in [1.82, 2.24) is 9.78 Å². The number of nitrogens with zero attached hydrogens (tertiary/aromatic N) is 2. The van der Waals surface area contributed by atoms with Gasteiger partial charge in [0.1, 0.15) is 0 Å². The standard InChI is InChI=1S/C16H23N3/c1-2-5-12-8-9-14(17)16(10-12)19-15-7-4-3-6-13(15)11-18-19/h3-4,6-7,11-12,14,16H,2,5,8-10,17H2,1H3. The molecule has 1 aliphatic rings. The fraction of sp³-hybridized carbons (Fsp3) is 0.562. The molecule has 0 amide bonds. The maximum absolute atomic E-state index is 6.36. The quantitative estimate of drug-likeness (QED) is 0.914. The topological polar surface area (TPSA) is 43.8 Å². The molecule has 3 heteroatoms. The number of hydrogen-bond donors (Lipinski definition) is 1. The smallest absolute Gasteiger partial charge is 0.0686 e. The van der Waals surface area contributed by atoms with Gasteiger partial charge in [-0.2, -0.15) is 5.10 Å². The average Bonchev–Trinajstić information content (AvgIpc) is 2.85. The minimum absolute atomic E-state index is 0.247. The van der Waals surface area contributed by atoms with E-state index < -0.39 is 0 Å². The first kappa shape index (κ1) is 12.7. The molecular weight excluding hydrogens is 234 g/mol. The summed E-state index contributed by atoms with van der Waals surface area (Å²) in [5.74, 6) is 0.817. The van der Waals surface area contributed by atoms with Crippen LogP contribution in [0.15, 0.2) is 30.5 Å². The molecule has 0 saturated heterocycles. The van der Waals surface area contributed by atoms with Crippen molar-refractivity contribution in [3.8, 4) is 0 Å². The Morgan fingerprint density at radius 2 is 2.16 bits per heavy atom. The van der Waals surface area contributed by atoms with Crippen LogP contribution in [0.5, 0.6) is 0 Å². The highest BCUT2D eigenvalue weighted by atomic mass is 15.3. The molecule has 1 aromatic heterocycles. The number of para-hydroxylation sites is 1. The van der Waals surface area contributed by atoms with Crippen molar-refractivity contribution in [3.63, 3.8) is 0 Å². The second-order valence-corrected chi connectivity index (χ2v) is 5.85. The van der Waals surface area contributed by atoms with Gasteiger partial charge in [-0.25, -0.2) is 0 Å².